The molecule has 3 rings (SSSR count). The molecule has 0 spiro atoms. The number of hydrogen-bond donors (Lipinski definition) is 0. The molecule has 90 valence electrons. The number of alkyl halides is 1. The minimum atomic E-state index is 0.885. The average molecular weight is 300 g/mol. The van der Waals surface area contributed by atoms with E-state index in [2.05, 4.69) is 27.0 Å². The molecule has 0 N–H and O–H groups in total. The van der Waals surface area contributed by atoms with Crippen molar-refractivity contribution >= 4 is 26.8 Å². The van der Waals surface area contributed by atoms with Crippen LogP contribution in [0.1, 0.15) is 5.56 Å². The number of halogens is 1. The highest BCUT2D eigenvalue weighted by Crippen LogP contribution is 2.17. The van der Waals surface area contributed by atoms with Crippen LogP contribution >= 0.6 is 15.9 Å². The first-order chi connectivity index (χ1) is 8.92. The van der Waals surface area contributed by atoms with Crippen LogP contribution in [-0.4, -0.2) is 4.98 Å². The summed E-state index contributed by atoms with van der Waals surface area (Å²) >= 11 is 3.45. The van der Waals surface area contributed by atoms with Crippen LogP contribution in [0.2, 0.25) is 0 Å². The summed E-state index contributed by atoms with van der Waals surface area (Å²) in [5, 5.41) is 2.12. The van der Waals surface area contributed by atoms with Crippen molar-refractivity contribution in [3.8, 4) is 0 Å². The maximum absolute atomic E-state index is 4.27. The van der Waals surface area contributed by atoms with Crippen molar-refractivity contribution in [3.05, 3.63) is 78.5 Å². The van der Waals surface area contributed by atoms with Crippen molar-refractivity contribution in [1.29, 1.82) is 0 Å². The van der Waals surface area contributed by atoms with E-state index in [1.807, 2.05) is 66.9 Å². The number of benzene rings is 2. The third-order valence-electron chi connectivity index (χ3n) is 2.55. The van der Waals surface area contributed by atoms with Crippen molar-refractivity contribution in [3.63, 3.8) is 0 Å². The Bertz CT molecular complexity index is 561. The van der Waals surface area contributed by atoms with E-state index >= 15 is 0 Å². The number of pyridine rings is 1. The average Bonchev–Trinajstić information content (AvgIpc) is 2.49. The second kappa shape index (κ2) is 6.92. The van der Waals surface area contributed by atoms with Gasteiger partial charge < -0.3 is 0 Å². The molecule has 0 fully saturated rings. The van der Waals surface area contributed by atoms with E-state index in [-0.39, 0.29) is 0 Å². The highest BCUT2D eigenvalue weighted by molar-refractivity contribution is 9.08. The van der Waals surface area contributed by atoms with Gasteiger partial charge in [0.05, 0.1) is 5.52 Å². The fourth-order valence-electron chi connectivity index (χ4n) is 1.66. The first-order valence-corrected chi connectivity index (χ1v) is 6.92. The Balaban J connectivity index is 0.000000169. The summed E-state index contributed by atoms with van der Waals surface area (Å²) in [5.41, 5.74) is 2.36. The summed E-state index contributed by atoms with van der Waals surface area (Å²) in [6.45, 7) is 0. The molecule has 0 aliphatic heterocycles. The molecule has 1 aromatic heterocycles. The van der Waals surface area contributed by atoms with Crippen LogP contribution in [0.25, 0.3) is 10.9 Å². The zero-order valence-electron chi connectivity index (χ0n) is 9.96. The highest BCUT2D eigenvalue weighted by atomic mass is 79.9. The van der Waals surface area contributed by atoms with Crippen molar-refractivity contribution in [2.24, 2.45) is 0 Å². The maximum Gasteiger partial charge on any atom is 0.0705 e. The smallest absolute Gasteiger partial charge is 0.0705 e. The minimum absolute atomic E-state index is 0.885. The van der Waals surface area contributed by atoms with Gasteiger partial charge in [-0.25, -0.2) is 0 Å². The van der Waals surface area contributed by atoms with Gasteiger partial charge in [-0.1, -0.05) is 70.5 Å². The molecule has 0 saturated heterocycles. The Labute approximate surface area is 116 Å². The van der Waals surface area contributed by atoms with E-state index < -0.39 is 0 Å². The van der Waals surface area contributed by atoms with Gasteiger partial charge in [0.1, 0.15) is 0 Å². The van der Waals surface area contributed by atoms with Gasteiger partial charge in [0, 0.05) is 16.9 Å². The van der Waals surface area contributed by atoms with Crippen LogP contribution in [0.5, 0.6) is 0 Å². The van der Waals surface area contributed by atoms with Gasteiger partial charge >= 0.3 is 0 Å². The minimum Gasteiger partial charge on any atom is -0.256 e. The van der Waals surface area contributed by atoms with Crippen molar-refractivity contribution < 1.29 is 0 Å². The molecule has 0 aliphatic rings. The monoisotopic (exact) mass is 299 g/mol. The third kappa shape index (κ3) is 3.41. The number of rotatable bonds is 1. The molecule has 1 nitrogen and oxygen atoms in total. The lowest BCUT2D eigenvalue weighted by molar-refractivity contribution is 1.36. The van der Waals surface area contributed by atoms with Crippen LogP contribution in [0.15, 0.2) is 72.9 Å². The van der Waals surface area contributed by atoms with Crippen molar-refractivity contribution in [2.75, 3.05) is 0 Å². The molecule has 1 heterocycles. The summed E-state index contributed by atoms with van der Waals surface area (Å²) < 4.78 is 0. The van der Waals surface area contributed by atoms with Crippen molar-refractivity contribution in [2.45, 2.75) is 5.33 Å². The first-order valence-electron chi connectivity index (χ1n) is 5.80. The Hall–Kier alpha value is -1.67. The van der Waals surface area contributed by atoms with E-state index in [4.69, 9.17) is 0 Å². The predicted molar refractivity (Wildman–Crippen MR) is 80.8 cm³/mol. The molecule has 0 radical (unpaired) electrons. The van der Waals surface area contributed by atoms with Gasteiger partial charge in [-0.15, -0.1) is 0 Å². The van der Waals surface area contributed by atoms with E-state index in [9.17, 15) is 0 Å². The van der Waals surface area contributed by atoms with Crippen LogP contribution < -0.4 is 0 Å². The van der Waals surface area contributed by atoms with Crippen LogP contribution in [0, 0.1) is 0 Å². The van der Waals surface area contributed by atoms with E-state index in [1.165, 1.54) is 10.9 Å². The SMILES string of the molecule is BrCc1ccnc2ccccc12.c1ccccc1. The number of nitrogens with zero attached hydrogens (tertiary/aromatic N) is 1. The summed E-state index contributed by atoms with van der Waals surface area (Å²) in [7, 11) is 0. The Morgan fingerprint density at radius 3 is 2.00 bits per heavy atom. The Morgan fingerprint density at radius 1 is 0.778 bits per heavy atom. The van der Waals surface area contributed by atoms with Crippen molar-refractivity contribution in [1.82, 2.24) is 4.98 Å². The largest absolute Gasteiger partial charge is 0.256 e. The van der Waals surface area contributed by atoms with E-state index in [0.717, 1.165) is 10.8 Å². The molecule has 0 amide bonds. The normalized spacial score (nSPS) is 9.61. The lowest BCUT2D eigenvalue weighted by Gasteiger charge is -2.00. The fourth-order valence-corrected chi connectivity index (χ4v) is 2.15. The molecule has 2 heteroatoms. The Morgan fingerprint density at radius 2 is 1.39 bits per heavy atom. The standard InChI is InChI=1S/C10H8BrN.C6H6/c11-7-8-5-6-12-10-4-2-1-3-9(8)10;1-2-4-6-5-3-1/h1-6H,7H2;1-6H. The zero-order valence-corrected chi connectivity index (χ0v) is 11.5. The molecular formula is C16H14BrN. The van der Waals surface area contributed by atoms with E-state index in [0.29, 0.717) is 0 Å². The number of aromatic nitrogens is 1. The van der Waals surface area contributed by atoms with Gasteiger partial charge in [-0.3, -0.25) is 4.98 Å². The van der Waals surface area contributed by atoms with E-state index in [1.54, 1.807) is 0 Å². The molecule has 0 atom stereocenters. The van der Waals surface area contributed by atoms with Crippen LogP contribution in [0.3, 0.4) is 0 Å². The Kier molecular flexibility index (Phi) is 4.91. The molecule has 0 unspecified atom stereocenters. The van der Waals surface area contributed by atoms with Crippen LogP contribution in [-0.2, 0) is 5.33 Å². The molecule has 0 saturated carbocycles. The summed E-state index contributed by atoms with van der Waals surface area (Å²) in [6.07, 6.45) is 1.85. The van der Waals surface area contributed by atoms with Gasteiger partial charge in [-0.05, 0) is 17.7 Å². The fraction of sp³-hybridized carbons (Fsp3) is 0.0625. The summed E-state index contributed by atoms with van der Waals surface area (Å²) in [5.74, 6) is 0. The van der Waals surface area contributed by atoms with Crippen LogP contribution in [0.4, 0.5) is 0 Å². The molecule has 2 aromatic carbocycles. The van der Waals surface area contributed by atoms with Gasteiger partial charge in [0.15, 0.2) is 0 Å². The topological polar surface area (TPSA) is 12.9 Å². The number of fused-ring (bicyclic) bond motifs is 1. The molecule has 0 bridgehead atoms. The zero-order chi connectivity index (χ0) is 12.6. The third-order valence-corrected chi connectivity index (χ3v) is 3.15. The number of para-hydroxylation sites is 1. The predicted octanol–water partition coefficient (Wildman–Crippen LogP) is 4.82. The second-order valence-electron chi connectivity index (χ2n) is 3.78. The molecular weight excluding hydrogens is 286 g/mol. The molecule has 3 aromatic rings. The first kappa shape index (κ1) is 12.8. The number of hydrogen-bond acceptors (Lipinski definition) is 1. The molecule has 18 heavy (non-hydrogen) atoms. The highest BCUT2D eigenvalue weighted by Gasteiger charge is 1.97. The molecule has 0 aliphatic carbocycles. The second-order valence-corrected chi connectivity index (χ2v) is 4.34. The van der Waals surface area contributed by atoms with Gasteiger partial charge in [-0.2, -0.15) is 0 Å². The van der Waals surface area contributed by atoms with Gasteiger partial charge in [0.2, 0.25) is 0 Å². The maximum atomic E-state index is 4.27. The summed E-state index contributed by atoms with van der Waals surface area (Å²) in [6, 6.07) is 22.2. The van der Waals surface area contributed by atoms with Gasteiger partial charge in [0.25, 0.3) is 0 Å². The lowest BCUT2D eigenvalue weighted by Crippen LogP contribution is -1.83. The quantitative estimate of drug-likeness (QED) is 0.587. The lowest BCUT2D eigenvalue weighted by atomic mass is 10.1. The summed E-state index contributed by atoms with van der Waals surface area (Å²) in [4.78, 5) is 4.27.